The van der Waals surface area contributed by atoms with E-state index in [0.717, 1.165) is 52.2 Å². The molecule has 244 valence electrons. The molecule has 0 aliphatic carbocycles. The van der Waals surface area contributed by atoms with Gasteiger partial charge in [-0.2, -0.15) is 13.2 Å². The normalized spacial score (nSPS) is 16.3. The van der Waals surface area contributed by atoms with E-state index in [-0.39, 0.29) is 24.1 Å². The van der Waals surface area contributed by atoms with Crippen LogP contribution in [0.3, 0.4) is 0 Å². The van der Waals surface area contributed by atoms with Gasteiger partial charge in [-0.1, -0.05) is 0 Å². The van der Waals surface area contributed by atoms with Crippen LogP contribution < -0.4 is 20.9 Å². The zero-order valence-corrected chi connectivity index (χ0v) is 26.3. The van der Waals surface area contributed by atoms with Gasteiger partial charge in [-0.15, -0.1) is 0 Å². The number of carbonyl (C=O) groups is 1. The minimum atomic E-state index is -4.24. The lowest BCUT2D eigenvalue weighted by molar-refractivity contribution is -0.149. The highest BCUT2D eigenvalue weighted by Crippen LogP contribution is 2.37. The average Bonchev–Trinajstić information content (AvgIpc) is 3.66. The van der Waals surface area contributed by atoms with Gasteiger partial charge in [0.15, 0.2) is 0 Å². The number of H-pyrrole nitrogens is 1. The van der Waals surface area contributed by atoms with Gasteiger partial charge >= 0.3 is 6.18 Å². The molecule has 4 aromatic heterocycles. The van der Waals surface area contributed by atoms with Crippen molar-refractivity contribution in [1.29, 1.82) is 0 Å². The molecule has 2 aliphatic rings. The van der Waals surface area contributed by atoms with Gasteiger partial charge in [0.2, 0.25) is 0 Å². The number of anilines is 1. The predicted octanol–water partition coefficient (Wildman–Crippen LogP) is 4.45. The monoisotopic (exact) mass is 637 g/mol. The van der Waals surface area contributed by atoms with Crippen LogP contribution >= 0.6 is 0 Å². The molecule has 0 aromatic carbocycles. The van der Waals surface area contributed by atoms with Gasteiger partial charge in [-0.3, -0.25) is 19.4 Å². The van der Waals surface area contributed by atoms with Crippen LogP contribution in [0, 0.1) is 13.8 Å². The number of carbonyl (C=O) groups excluding carboxylic acids is 1. The number of hydrogen-bond acceptors (Lipinski definition) is 7. The van der Waals surface area contributed by atoms with Crippen molar-refractivity contribution in [3.8, 4) is 16.9 Å². The van der Waals surface area contributed by atoms with Gasteiger partial charge in [0.05, 0.1) is 31.3 Å². The predicted molar refractivity (Wildman–Crippen MR) is 170 cm³/mol. The number of aromatic amines is 1. The summed E-state index contributed by atoms with van der Waals surface area (Å²) < 4.78 is 46.7. The lowest BCUT2D eigenvalue weighted by atomic mass is 9.97. The van der Waals surface area contributed by atoms with Crippen LogP contribution in [0.2, 0.25) is 0 Å². The van der Waals surface area contributed by atoms with E-state index < -0.39 is 12.7 Å². The number of nitrogens with one attached hydrogen (secondary N) is 3. The topological polar surface area (TPSA) is 107 Å². The van der Waals surface area contributed by atoms with Crippen molar-refractivity contribution in [3.63, 3.8) is 0 Å². The molecule has 10 nitrogen and oxygen atoms in total. The third-order valence-corrected chi connectivity index (χ3v) is 9.14. The largest absolute Gasteiger partial charge is 0.496 e. The van der Waals surface area contributed by atoms with E-state index in [4.69, 9.17) is 4.74 Å². The van der Waals surface area contributed by atoms with E-state index >= 15 is 0 Å². The fraction of sp³-hybridized carbons (Fsp3) is 0.424. The molecule has 0 saturated carbocycles. The number of methoxy groups -OCH3 is 1. The molecule has 3 N–H and O–H groups in total. The van der Waals surface area contributed by atoms with E-state index in [1.165, 1.54) is 12.0 Å². The number of hydrogen-bond donors (Lipinski definition) is 3. The number of amides is 1. The van der Waals surface area contributed by atoms with Crippen LogP contribution in [0.25, 0.3) is 16.6 Å². The van der Waals surface area contributed by atoms with Crippen LogP contribution in [-0.2, 0) is 13.0 Å². The third kappa shape index (κ3) is 6.08. The first kappa shape index (κ1) is 31.6. The van der Waals surface area contributed by atoms with Crippen LogP contribution in [0.1, 0.15) is 51.4 Å². The molecule has 46 heavy (non-hydrogen) atoms. The van der Waals surface area contributed by atoms with Crippen molar-refractivity contribution in [3.05, 3.63) is 80.7 Å². The Bertz CT molecular complexity index is 1840. The Morgan fingerprint density at radius 2 is 1.89 bits per heavy atom. The smallest absolute Gasteiger partial charge is 0.401 e. The van der Waals surface area contributed by atoms with Crippen molar-refractivity contribution in [1.82, 2.24) is 29.5 Å². The SMILES string of the molecule is COc1cc(C)[nH]c(=O)c1CNC(=O)c1cc2c(-c3ccnc4c3CCN4)ccn2c([C@@H](C)N2CCN(CC(F)(F)F)CC2)c1C. The van der Waals surface area contributed by atoms with Gasteiger partial charge in [0, 0.05) is 79.2 Å². The van der Waals surface area contributed by atoms with Gasteiger partial charge in [0.25, 0.3) is 11.5 Å². The Hall–Kier alpha value is -4.36. The number of pyridine rings is 3. The van der Waals surface area contributed by atoms with Gasteiger partial charge in [-0.05, 0) is 62.6 Å². The Kier molecular flexibility index (Phi) is 8.55. The second kappa shape index (κ2) is 12.4. The summed E-state index contributed by atoms with van der Waals surface area (Å²) in [7, 11) is 1.48. The summed E-state index contributed by atoms with van der Waals surface area (Å²) in [5.74, 6) is 0.894. The molecule has 1 atom stereocenters. The Morgan fingerprint density at radius 3 is 2.61 bits per heavy atom. The standard InChI is InChI=1S/C33H38F3N7O3/c1-19-15-28(46-4)26(32(45)40-19)17-39-31(44)25-16-27-23(22-5-8-37-30-24(22)6-9-38-30)7-10-43(27)29(20(25)2)21(3)42-13-11-41(12-14-42)18-33(34,35)36/h5,7-8,10,15-16,21H,6,9,11-14,17-18H2,1-4H3,(H,37,38)(H,39,44)(H,40,45)/t21-/m1/s1. The first-order chi connectivity index (χ1) is 21.9. The van der Waals surface area contributed by atoms with E-state index in [1.54, 1.807) is 19.2 Å². The van der Waals surface area contributed by atoms with Crippen molar-refractivity contribution in [2.24, 2.45) is 0 Å². The number of fused-ring (bicyclic) bond motifs is 2. The Morgan fingerprint density at radius 1 is 1.13 bits per heavy atom. The Balaban J connectivity index is 1.39. The lowest BCUT2D eigenvalue weighted by Crippen LogP contribution is -2.49. The van der Waals surface area contributed by atoms with Crippen molar-refractivity contribution in [2.45, 2.75) is 46.0 Å². The van der Waals surface area contributed by atoms with Crippen molar-refractivity contribution in [2.75, 3.05) is 51.7 Å². The number of halogens is 3. The lowest BCUT2D eigenvalue weighted by Gasteiger charge is -2.39. The summed E-state index contributed by atoms with van der Waals surface area (Å²) in [6.07, 6.45) is 0.356. The molecular formula is C33H38F3N7O3. The molecule has 1 fully saturated rings. The number of aromatic nitrogens is 3. The number of rotatable bonds is 8. The summed E-state index contributed by atoms with van der Waals surface area (Å²) in [5.41, 5.74) is 6.65. The molecule has 13 heteroatoms. The maximum atomic E-state index is 13.9. The maximum absolute atomic E-state index is 13.9. The molecule has 6 rings (SSSR count). The van der Waals surface area contributed by atoms with Gasteiger partial charge < -0.3 is 24.8 Å². The zero-order valence-electron chi connectivity index (χ0n) is 26.3. The quantitative estimate of drug-likeness (QED) is 0.262. The van der Waals surface area contributed by atoms with Gasteiger partial charge in [-0.25, -0.2) is 4.98 Å². The molecule has 1 amide bonds. The number of nitrogens with zero attached hydrogens (tertiary/aromatic N) is 4. The summed E-state index contributed by atoms with van der Waals surface area (Å²) in [5, 5.41) is 6.25. The molecule has 6 heterocycles. The molecule has 4 aromatic rings. The highest BCUT2D eigenvalue weighted by molar-refractivity contribution is 5.99. The minimum absolute atomic E-state index is 0.0360. The average molecular weight is 638 g/mol. The molecule has 0 bridgehead atoms. The van der Waals surface area contributed by atoms with Crippen LogP contribution in [-0.4, -0.2) is 82.6 Å². The van der Waals surface area contributed by atoms with E-state index in [0.29, 0.717) is 48.7 Å². The molecule has 0 radical (unpaired) electrons. The second-order valence-electron chi connectivity index (χ2n) is 12.0. The highest BCUT2D eigenvalue weighted by atomic mass is 19.4. The first-order valence-electron chi connectivity index (χ1n) is 15.4. The van der Waals surface area contributed by atoms with E-state index in [9.17, 15) is 22.8 Å². The summed E-state index contributed by atoms with van der Waals surface area (Å²) >= 11 is 0. The van der Waals surface area contributed by atoms with Crippen molar-refractivity contribution >= 4 is 17.2 Å². The number of alkyl halides is 3. The van der Waals surface area contributed by atoms with E-state index in [1.807, 2.05) is 38.2 Å². The Labute approximate surface area is 264 Å². The fourth-order valence-electron chi connectivity index (χ4n) is 6.83. The minimum Gasteiger partial charge on any atom is -0.496 e. The molecule has 0 unspecified atom stereocenters. The second-order valence-corrected chi connectivity index (χ2v) is 12.0. The van der Waals surface area contributed by atoms with Crippen LogP contribution in [0.5, 0.6) is 5.75 Å². The third-order valence-electron chi connectivity index (χ3n) is 9.14. The zero-order chi connectivity index (χ0) is 32.7. The number of aryl methyl sites for hydroxylation is 1. The van der Waals surface area contributed by atoms with E-state index in [2.05, 4.69) is 29.9 Å². The molecule has 1 saturated heterocycles. The molecule has 2 aliphatic heterocycles. The van der Waals surface area contributed by atoms with Gasteiger partial charge in [0.1, 0.15) is 11.6 Å². The number of ether oxygens (including phenoxy) is 1. The first-order valence-corrected chi connectivity index (χ1v) is 15.4. The fourth-order valence-corrected chi connectivity index (χ4v) is 6.83. The maximum Gasteiger partial charge on any atom is 0.401 e. The van der Waals surface area contributed by atoms with Crippen LogP contribution in [0.4, 0.5) is 19.0 Å². The van der Waals surface area contributed by atoms with Crippen molar-refractivity contribution < 1.29 is 22.7 Å². The van der Waals surface area contributed by atoms with Crippen LogP contribution in [0.15, 0.2) is 41.5 Å². The molecular weight excluding hydrogens is 599 g/mol. The summed E-state index contributed by atoms with van der Waals surface area (Å²) in [6, 6.07) is 7.42. The number of piperazine rings is 1. The summed E-state index contributed by atoms with van der Waals surface area (Å²) in [6.45, 7) is 7.04. The molecule has 0 spiro atoms. The summed E-state index contributed by atoms with van der Waals surface area (Å²) in [4.78, 5) is 37.5. The highest BCUT2D eigenvalue weighted by Gasteiger charge is 2.34.